The maximum absolute atomic E-state index is 13.4. The van der Waals surface area contributed by atoms with Gasteiger partial charge in [0.1, 0.15) is 5.75 Å². The first kappa shape index (κ1) is 25.7. The smallest absolute Gasteiger partial charge is 0.467 e. The molecule has 1 saturated carbocycles. The molecule has 2 atom stereocenters. The molecule has 0 bridgehead atoms. The standard InChI is InChI=1S/C29H35O5P/c1-23(27-16-17-27)18-24(2)28-14-9-15-29(19-28)31-22-34-35(30,32-20-25-10-5-3-6-11-25)33-21-26-12-7-4-8-13-26/h3-15,19,23-24,27H,16-18,20-22H2,1-2H3/t23-,24?/m1/s1. The van der Waals surface area contributed by atoms with Crippen LogP contribution in [0.4, 0.5) is 0 Å². The van der Waals surface area contributed by atoms with Gasteiger partial charge in [-0.05, 0) is 65.8 Å². The number of phosphoric ester groups is 1. The molecule has 1 fully saturated rings. The van der Waals surface area contributed by atoms with E-state index in [1.165, 1.54) is 24.8 Å². The van der Waals surface area contributed by atoms with Crippen LogP contribution in [0.15, 0.2) is 84.9 Å². The van der Waals surface area contributed by atoms with Crippen molar-refractivity contribution in [3.8, 4) is 5.75 Å². The highest BCUT2D eigenvalue weighted by atomic mass is 31.2. The molecule has 3 aromatic rings. The van der Waals surface area contributed by atoms with Crippen molar-refractivity contribution < 1.29 is 22.9 Å². The summed E-state index contributed by atoms with van der Waals surface area (Å²) in [6, 6.07) is 27.1. The normalized spacial score (nSPS) is 15.5. The van der Waals surface area contributed by atoms with Crippen molar-refractivity contribution in [2.75, 3.05) is 6.79 Å². The molecule has 35 heavy (non-hydrogen) atoms. The van der Waals surface area contributed by atoms with Crippen molar-refractivity contribution in [3.63, 3.8) is 0 Å². The van der Waals surface area contributed by atoms with E-state index in [9.17, 15) is 4.57 Å². The van der Waals surface area contributed by atoms with Crippen molar-refractivity contribution in [3.05, 3.63) is 102 Å². The Morgan fingerprint density at radius 3 is 1.97 bits per heavy atom. The lowest BCUT2D eigenvalue weighted by Crippen LogP contribution is -2.07. The predicted molar refractivity (Wildman–Crippen MR) is 138 cm³/mol. The molecule has 1 aliphatic carbocycles. The van der Waals surface area contributed by atoms with Crippen molar-refractivity contribution in [1.29, 1.82) is 0 Å². The fourth-order valence-corrected chi connectivity index (χ4v) is 5.21. The summed E-state index contributed by atoms with van der Waals surface area (Å²) in [5.41, 5.74) is 2.99. The molecule has 0 amide bonds. The van der Waals surface area contributed by atoms with Crippen molar-refractivity contribution in [2.45, 2.75) is 52.2 Å². The van der Waals surface area contributed by atoms with E-state index in [1.54, 1.807) is 0 Å². The first-order valence-corrected chi connectivity index (χ1v) is 13.8. The predicted octanol–water partition coefficient (Wildman–Crippen LogP) is 8.12. The Morgan fingerprint density at radius 1 is 0.800 bits per heavy atom. The second-order valence-electron chi connectivity index (χ2n) is 9.38. The number of rotatable bonds is 14. The van der Waals surface area contributed by atoms with Crippen LogP contribution in [0.3, 0.4) is 0 Å². The lowest BCUT2D eigenvalue weighted by atomic mass is 9.89. The Hall–Kier alpha value is -2.43. The molecule has 0 saturated heterocycles. The fraction of sp³-hybridized carbons (Fsp3) is 0.379. The van der Waals surface area contributed by atoms with E-state index < -0.39 is 7.82 Å². The maximum Gasteiger partial charge on any atom is 0.478 e. The Bertz CT molecular complexity index is 1040. The Morgan fingerprint density at radius 2 is 1.40 bits per heavy atom. The largest absolute Gasteiger partial charge is 0.478 e. The highest BCUT2D eigenvalue weighted by molar-refractivity contribution is 7.48. The van der Waals surface area contributed by atoms with Crippen LogP contribution in [-0.2, 0) is 31.4 Å². The monoisotopic (exact) mass is 494 g/mol. The molecule has 0 aromatic heterocycles. The SMILES string of the molecule is CC(C[C@@H](C)C1CC1)c1cccc(OCOP(=O)(OCc2ccccc2)OCc2ccccc2)c1. The molecular formula is C29H35O5P. The topological polar surface area (TPSA) is 54.0 Å². The van der Waals surface area contributed by atoms with E-state index in [4.69, 9.17) is 18.3 Å². The van der Waals surface area contributed by atoms with Crippen molar-refractivity contribution in [1.82, 2.24) is 0 Å². The van der Waals surface area contributed by atoms with E-state index in [1.807, 2.05) is 78.9 Å². The van der Waals surface area contributed by atoms with Crippen LogP contribution in [0.1, 0.15) is 55.7 Å². The quantitative estimate of drug-likeness (QED) is 0.167. The molecule has 1 aliphatic rings. The van der Waals surface area contributed by atoms with E-state index in [-0.39, 0.29) is 20.0 Å². The molecule has 0 aliphatic heterocycles. The van der Waals surface area contributed by atoms with Gasteiger partial charge in [0.15, 0.2) is 6.79 Å². The number of hydrogen-bond donors (Lipinski definition) is 0. The zero-order valence-electron chi connectivity index (χ0n) is 20.5. The van der Waals surface area contributed by atoms with Gasteiger partial charge in [-0.2, -0.15) is 0 Å². The van der Waals surface area contributed by atoms with Gasteiger partial charge in [-0.3, -0.25) is 9.05 Å². The molecule has 6 heteroatoms. The van der Waals surface area contributed by atoms with E-state index in [0.29, 0.717) is 11.7 Å². The summed E-state index contributed by atoms with van der Waals surface area (Å²) in [6.07, 6.45) is 3.90. The van der Waals surface area contributed by atoms with Crippen LogP contribution in [0.25, 0.3) is 0 Å². The van der Waals surface area contributed by atoms with E-state index >= 15 is 0 Å². The summed E-state index contributed by atoms with van der Waals surface area (Å²) in [5.74, 6) is 2.76. The van der Waals surface area contributed by atoms with E-state index in [2.05, 4.69) is 19.9 Å². The highest BCUT2D eigenvalue weighted by Gasteiger charge is 2.29. The molecule has 186 valence electrons. The Balaban J connectivity index is 1.34. The summed E-state index contributed by atoms with van der Waals surface area (Å²) in [4.78, 5) is 0. The van der Waals surface area contributed by atoms with Crippen molar-refractivity contribution >= 4 is 7.82 Å². The van der Waals surface area contributed by atoms with Crippen LogP contribution in [0.5, 0.6) is 5.75 Å². The third kappa shape index (κ3) is 8.33. The molecule has 4 rings (SSSR count). The average molecular weight is 495 g/mol. The van der Waals surface area contributed by atoms with Gasteiger partial charge >= 0.3 is 7.82 Å². The lowest BCUT2D eigenvalue weighted by Gasteiger charge is -2.20. The van der Waals surface area contributed by atoms with Crippen LogP contribution in [0.2, 0.25) is 0 Å². The number of ether oxygens (including phenoxy) is 1. The van der Waals surface area contributed by atoms with Crippen LogP contribution >= 0.6 is 7.82 Å². The summed E-state index contributed by atoms with van der Waals surface area (Å²) >= 11 is 0. The van der Waals surface area contributed by atoms with E-state index in [0.717, 1.165) is 23.0 Å². The minimum atomic E-state index is -3.87. The Labute approximate surface area is 209 Å². The number of benzene rings is 3. The molecule has 0 heterocycles. The molecule has 1 unspecified atom stereocenters. The second-order valence-corrected chi connectivity index (χ2v) is 11.0. The second kappa shape index (κ2) is 12.5. The van der Waals surface area contributed by atoms with Gasteiger partial charge in [-0.1, -0.05) is 86.6 Å². The number of hydrogen-bond acceptors (Lipinski definition) is 5. The van der Waals surface area contributed by atoms with Gasteiger partial charge in [0, 0.05) is 0 Å². The van der Waals surface area contributed by atoms with Gasteiger partial charge in [0.05, 0.1) is 13.2 Å². The van der Waals surface area contributed by atoms with Gasteiger partial charge in [0.25, 0.3) is 0 Å². The summed E-state index contributed by atoms with van der Waals surface area (Å²) in [5, 5.41) is 0. The minimum absolute atomic E-state index is 0.110. The minimum Gasteiger partial charge on any atom is -0.467 e. The number of phosphoric acid groups is 1. The molecule has 5 nitrogen and oxygen atoms in total. The average Bonchev–Trinajstić information content (AvgIpc) is 3.74. The molecule has 0 N–H and O–H groups in total. The van der Waals surface area contributed by atoms with Gasteiger partial charge in [-0.25, -0.2) is 9.09 Å². The maximum atomic E-state index is 13.4. The summed E-state index contributed by atoms with van der Waals surface area (Å²) < 4.78 is 36.0. The molecule has 0 radical (unpaired) electrons. The molecule has 3 aromatic carbocycles. The van der Waals surface area contributed by atoms with Crippen molar-refractivity contribution in [2.24, 2.45) is 11.8 Å². The van der Waals surface area contributed by atoms with Gasteiger partial charge < -0.3 is 4.74 Å². The van der Waals surface area contributed by atoms with Crippen LogP contribution in [-0.4, -0.2) is 6.79 Å². The fourth-order valence-electron chi connectivity index (χ4n) is 4.19. The van der Waals surface area contributed by atoms with Gasteiger partial charge in [-0.15, -0.1) is 0 Å². The zero-order valence-corrected chi connectivity index (χ0v) is 21.4. The summed E-state index contributed by atoms with van der Waals surface area (Å²) in [7, 11) is -3.87. The van der Waals surface area contributed by atoms with Crippen LogP contribution < -0.4 is 4.74 Å². The molecule has 0 spiro atoms. The Kier molecular flexibility index (Phi) is 9.17. The summed E-state index contributed by atoms with van der Waals surface area (Å²) in [6.45, 7) is 4.59. The first-order valence-electron chi connectivity index (χ1n) is 12.3. The van der Waals surface area contributed by atoms with Crippen LogP contribution in [0, 0.1) is 11.8 Å². The molecular weight excluding hydrogens is 459 g/mol. The lowest BCUT2D eigenvalue weighted by molar-refractivity contribution is 0.0443. The third-order valence-corrected chi connectivity index (χ3v) is 7.79. The zero-order chi connectivity index (χ0) is 24.5. The highest BCUT2D eigenvalue weighted by Crippen LogP contribution is 2.51. The van der Waals surface area contributed by atoms with Gasteiger partial charge in [0.2, 0.25) is 0 Å². The first-order chi connectivity index (χ1) is 17.0. The third-order valence-electron chi connectivity index (χ3n) is 6.48.